The standard InChI is InChI=1S/C34H24/c1-5-13-27(14-6-1)21-22-28-23-25-32(26-24-28)34(31-19-11-4-12-20-31)33(29-15-7-2-8-16-29)30-17-9-3-10-18-30/h1-20,23-26H. The van der Waals surface area contributed by atoms with Gasteiger partial charge in [-0.25, -0.2) is 0 Å². The summed E-state index contributed by atoms with van der Waals surface area (Å²) in [5, 5.41) is 0. The summed E-state index contributed by atoms with van der Waals surface area (Å²) >= 11 is 0. The molecule has 5 aromatic carbocycles. The first-order valence-corrected chi connectivity index (χ1v) is 11.5. The molecule has 0 fully saturated rings. The van der Waals surface area contributed by atoms with Gasteiger partial charge in [-0.1, -0.05) is 133 Å². The van der Waals surface area contributed by atoms with Gasteiger partial charge >= 0.3 is 0 Å². The van der Waals surface area contributed by atoms with Gasteiger partial charge in [0.2, 0.25) is 0 Å². The topological polar surface area (TPSA) is 0 Å². The maximum atomic E-state index is 3.29. The van der Waals surface area contributed by atoms with E-state index >= 15 is 0 Å². The second kappa shape index (κ2) is 10.3. The summed E-state index contributed by atoms with van der Waals surface area (Å²) in [4.78, 5) is 0. The van der Waals surface area contributed by atoms with Crippen LogP contribution in [-0.2, 0) is 0 Å². The smallest absolute Gasteiger partial charge is 0.0249 e. The normalized spacial score (nSPS) is 10.1. The van der Waals surface area contributed by atoms with Crippen molar-refractivity contribution < 1.29 is 0 Å². The fourth-order valence-corrected chi connectivity index (χ4v) is 4.11. The fourth-order valence-electron chi connectivity index (χ4n) is 4.11. The molecule has 0 saturated carbocycles. The summed E-state index contributed by atoms with van der Waals surface area (Å²) in [6.07, 6.45) is 0. The van der Waals surface area contributed by atoms with Crippen molar-refractivity contribution in [1.29, 1.82) is 0 Å². The largest absolute Gasteiger partial charge is 0.0622 e. The SMILES string of the molecule is C(#Cc1ccc(C(=C(c2ccccc2)c2ccccc2)c2ccccc2)cc1)c1ccccc1. The fraction of sp³-hybridized carbons (Fsp3) is 0. The van der Waals surface area contributed by atoms with Crippen LogP contribution in [0.2, 0.25) is 0 Å². The van der Waals surface area contributed by atoms with Gasteiger partial charge in [0.05, 0.1) is 0 Å². The van der Waals surface area contributed by atoms with Crippen molar-refractivity contribution in [3.05, 3.63) is 179 Å². The molecule has 0 unspecified atom stereocenters. The van der Waals surface area contributed by atoms with Gasteiger partial charge in [-0.3, -0.25) is 0 Å². The van der Waals surface area contributed by atoms with Gasteiger partial charge in [-0.15, -0.1) is 0 Å². The van der Waals surface area contributed by atoms with Crippen molar-refractivity contribution in [1.82, 2.24) is 0 Å². The summed E-state index contributed by atoms with van der Waals surface area (Å²) < 4.78 is 0. The number of hydrogen-bond donors (Lipinski definition) is 0. The third-order valence-corrected chi connectivity index (χ3v) is 5.74. The molecule has 34 heavy (non-hydrogen) atoms. The molecule has 0 radical (unpaired) electrons. The minimum Gasteiger partial charge on any atom is -0.0622 e. The van der Waals surface area contributed by atoms with Crippen LogP contribution in [0.5, 0.6) is 0 Å². The summed E-state index contributed by atoms with van der Waals surface area (Å²) in [5.41, 5.74) is 9.19. The van der Waals surface area contributed by atoms with Crippen LogP contribution < -0.4 is 0 Å². The third-order valence-electron chi connectivity index (χ3n) is 5.74. The van der Waals surface area contributed by atoms with Gasteiger partial charge in [0.25, 0.3) is 0 Å². The lowest BCUT2D eigenvalue weighted by atomic mass is 9.85. The molecular weight excluding hydrogens is 408 g/mol. The molecule has 0 nitrogen and oxygen atoms in total. The second-order valence-electron chi connectivity index (χ2n) is 8.04. The lowest BCUT2D eigenvalue weighted by molar-refractivity contribution is 1.49. The van der Waals surface area contributed by atoms with Crippen LogP contribution in [0.3, 0.4) is 0 Å². The maximum absolute atomic E-state index is 3.29. The predicted molar refractivity (Wildman–Crippen MR) is 143 cm³/mol. The van der Waals surface area contributed by atoms with Crippen LogP contribution in [0, 0.1) is 11.8 Å². The van der Waals surface area contributed by atoms with E-state index in [1.54, 1.807) is 0 Å². The van der Waals surface area contributed by atoms with E-state index in [1.807, 2.05) is 30.3 Å². The Morgan fingerprint density at radius 2 is 0.588 bits per heavy atom. The van der Waals surface area contributed by atoms with E-state index in [1.165, 1.54) is 33.4 Å². The molecule has 5 aromatic rings. The molecule has 5 rings (SSSR count). The summed E-state index contributed by atoms with van der Waals surface area (Å²) in [5.74, 6) is 6.55. The monoisotopic (exact) mass is 432 g/mol. The van der Waals surface area contributed by atoms with E-state index in [9.17, 15) is 0 Å². The summed E-state index contributed by atoms with van der Waals surface area (Å²) in [6, 6.07) is 50.6. The third kappa shape index (κ3) is 4.90. The van der Waals surface area contributed by atoms with Crippen LogP contribution in [0.4, 0.5) is 0 Å². The van der Waals surface area contributed by atoms with Gasteiger partial charge in [0.15, 0.2) is 0 Å². The number of rotatable bonds is 4. The van der Waals surface area contributed by atoms with Crippen LogP contribution >= 0.6 is 0 Å². The number of benzene rings is 5. The predicted octanol–water partition coefficient (Wildman–Crippen LogP) is 8.09. The van der Waals surface area contributed by atoms with Gasteiger partial charge in [-0.2, -0.15) is 0 Å². The van der Waals surface area contributed by atoms with E-state index in [0.29, 0.717) is 0 Å². The maximum Gasteiger partial charge on any atom is 0.0249 e. The van der Waals surface area contributed by atoms with Gasteiger partial charge < -0.3 is 0 Å². The second-order valence-corrected chi connectivity index (χ2v) is 8.04. The zero-order valence-corrected chi connectivity index (χ0v) is 18.9. The Labute approximate surface area is 201 Å². The molecule has 0 spiro atoms. The summed E-state index contributed by atoms with van der Waals surface area (Å²) in [7, 11) is 0. The Hall–Kier alpha value is -4.60. The Morgan fingerprint density at radius 1 is 0.294 bits per heavy atom. The highest BCUT2D eigenvalue weighted by Crippen LogP contribution is 2.36. The molecule has 0 aromatic heterocycles. The molecule has 160 valence electrons. The highest BCUT2D eigenvalue weighted by atomic mass is 14.2. The first-order valence-electron chi connectivity index (χ1n) is 11.5. The van der Waals surface area contributed by atoms with E-state index in [0.717, 1.165) is 11.1 Å². The Kier molecular flexibility index (Phi) is 6.47. The van der Waals surface area contributed by atoms with Gasteiger partial charge in [0.1, 0.15) is 0 Å². The highest BCUT2D eigenvalue weighted by Gasteiger charge is 2.15. The van der Waals surface area contributed by atoms with E-state index in [-0.39, 0.29) is 0 Å². The van der Waals surface area contributed by atoms with E-state index in [4.69, 9.17) is 0 Å². The van der Waals surface area contributed by atoms with Gasteiger partial charge in [0, 0.05) is 11.1 Å². The zero-order valence-electron chi connectivity index (χ0n) is 18.9. The van der Waals surface area contributed by atoms with Crippen molar-refractivity contribution in [3.8, 4) is 11.8 Å². The lowest BCUT2D eigenvalue weighted by Gasteiger charge is -2.18. The molecule has 0 amide bonds. The molecule has 0 aliphatic heterocycles. The molecule has 0 aliphatic carbocycles. The zero-order chi connectivity index (χ0) is 23.0. The van der Waals surface area contributed by atoms with Crippen LogP contribution in [0.15, 0.2) is 146 Å². The molecule has 0 atom stereocenters. The quantitative estimate of drug-likeness (QED) is 0.199. The Balaban J connectivity index is 1.67. The molecule has 0 saturated heterocycles. The molecule has 0 N–H and O–H groups in total. The first-order chi connectivity index (χ1) is 16.9. The van der Waals surface area contributed by atoms with Gasteiger partial charge in [-0.05, 0) is 57.7 Å². The number of hydrogen-bond acceptors (Lipinski definition) is 0. The van der Waals surface area contributed by atoms with Crippen molar-refractivity contribution in [3.63, 3.8) is 0 Å². The average Bonchev–Trinajstić information content (AvgIpc) is 2.93. The van der Waals surface area contributed by atoms with Crippen molar-refractivity contribution in [2.45, 2.75) is 0 Å². The minimum atomic E-state index is 1.00. The Bertz CT molecular complexity index is 1390. The van der Waals surface area contributed by atoms with E-state index < -0.39 is 0 Å². The highest BCUT2D eigenvalue weighted by molar-refractivity contribution is 6.04. The molecule has 0 aliphatic rings. The lowest BCUT2D eigenvalue weighted by Crippen LogP contribution is -1.97. The first kappa shape index (κ1) is 21.3. The molecule has 0 bridgehead atoms. The van der Waals surface area contributed by atoms with Crippen LogP contribution in [0.25, 0.3) is 11.1 Å². The van der Waals surface area contributed by atoms with Crippen molar-refractivity contribution in [2.75, 3.05) is 0 Å². The van der Waals surface area contributed by atoms with Crippen LogP contribution in [0.1, 0.15) is 33.4 Å². The van der Waals surface area contributed by atoms with Crippen molar-refractivity contribution >= 4 is 11.1 Å². The molecular formula is C34H24. The minimum absolute atomic E-state index is 1.00. The average molecular weight is 433 g/mol. The summed E-state index contributed by atoms with van der Waals surface area (Å²) in [6.45, 7) is 0. The molecule has 0 heterocycles. The van der Waals surface area contributed by atoms with E-state index in [2.05, 4.69) is 127 Å². The Morgan fingerprint density at radius 3 is 0.971 bits per heavy atom. The van der Waals surface area contributed by atoms with Crippen molar-refractivity contribution in [2.24, 2.45) is 0 Å². The van der Waals surface area contributed by atoms with Crippen LogP contribution in [-0.4, -0.2) is 0 Å². The molecule has 0 heteroatoms.